The zero-order valence-electron chi connectivity index (χ0n) is 17.1. The maximum Gasteiger partial charge on any atom is 0.226 e. The number of hydrogen-bond acceptors (Lipinski definition) is 3. The molecule has 0 aliphatic heterocycles. The standard InChI is InChI=1S/C22H30N4O2/c1-17(2)21(27)25-19-12-10-18(11-13-19)16-24-22(23-3)26(4)14-15-28-20-8-6-5-7-9-20/h5-13,17H,14-16H2,1-4H3,(H,23,24)(H,25,27). The van der Waals surface area contributed by atoms with Crippen LogP contribution >= 0.6 is 0 Å². The van der Waals surface area contributed by atoms with Gasteiger partial charge < -0.3 is 20.3 Å². The van der Waals surface area contributed by atoms with Crippen LogP contribution in [-0.2, 0) is 11.3 Å². The molecule has 0 aliphatic carbocycles. The minimum absolute atomic E-state index is 0.0191. The summed E-state index contributed by atoms with van der Waals surface area (Å²) in [5.41, 5.74) is 1.92. The lowest BCUT2D eigenvalue weighted by Gasteiger charge is -2.22. The number of carbonyl (C=O) groups is 1. The van der Waals surface area contributed by atoms with Crippen molar-refractivity contribution in [2.24, 2.45) is 10.9 Å². The molecule has 0 unspecified atom stereocenters. The first-order chi connectivity index (χ1) is 13.5. The van der Waals surface area contributed by atoms with E-state index in [-0.39, 0.29) is 11.8 Å². The zero-order chi connectivity index (χ0) is 20.4. The number of anilines is 1. The van der Waals surface area contributed by atoms with Gasteiger partial charge in [0.25, 0.3) is 0 Å². The van der Waals surface area contributed by atoms with Crippen LogP contribution in [0, 0.1) is 5.92 Å². The number of ether oxygens (including phenoxy) is 1. The minimum atomic E-state index is -0.0360. The summed E-state index contributed by atoms with van der Waals surface area (Å²) in [6.45, 7) is 5.69. The Morgan fingerprint density at radius 1 is 1.11 bits per heavy atom. The molecule has 6 nitrogen and oxygen atoms in total. The normalized spacial score (nSPS) is 11.2. The van der Waals surface area contributed by atoms with Gasteiger partial charge in [-0.3, -0.25) is 9.79 Å². The van der Waals surface area contributed by atoms with Gasteiger partial charge in [-0.25, -0.2) is 0 Å². The van der Waals surface area contributed by atoms with E-state index in [1.807, 2.05) is 80.4 Å². The first-order valence-electron chi connectivity index (χ1n) is 9.49. The SMILES string of the molecule is CN=C(NCc1ccc(NC(=O)C(C)C)cc1)N(C)CCOc1ccccc1. The van der Waals surface area contributed by atoms with Crippen molar-refractivity contribution in [1.82, 2.24) is 10.2 Å². The molecule has 0 aromatic heterocycles. The van der Waals surface area contributed by atoms with Gasteiger partial charge >= 0.3 is 0 Å². The number of rotatable bonds is 8. The summed E-state index contributed by atoms with van der Waals surface area (Å²) in [6.07, 6.45) is 0. The van der Waals surface area contributed by atoms with Crippen molar-refractivity contribution in [3.8, 4) is 5.75 Å². The fourth-order valence-corrected chi connectivity index (χ4v) is 2.48. The molecule has 2 rings (SSSR count). The van der Waals surface area contributed by atoms with Gasteiger partial charge in [0.15, 0.2) is 5.96 Å². The second kappa shape index (κ2) is 11.0. The Morgan fingerprint density at radius 2 is 1.79 bits per heavy atom. The number of nitrogens with zero attached hydrogens (tertiary/aromatic N) is 2. The monoisotopic (exact) mass is 382 g/mol. The third-order valence-corrected chi connectivity index (χ3v) is 4.21. The second-order valence-electron chi connectivity index (χ2n) is 6.82. The van der Waals surface area contributed by atoms with Crippen molar-refractivity contribution in [3.05, 3.63) is 60.2 Å². The van der Waals surface area contributed by atoms with Gasteiger partial charge in [-0.1, -0.05) is 44.2 Å². The lowest BCUT2D eigenvalue weighted by molar-refractivity contribution is -0.118. The van der Waals surface area contributed by atoms with Crippen LogP contribution in [0.2, 0.25) is 0 Å². The van der Waals surface area contributed by atoms with Crippen LogP contribution in [0.25, 0.3) is 0 Å². The first-order valence-corrected chi connectivity index (χ1v) is 9.49. The summed E-state index contributed by atoms with van der Waals surface area (Å²) in [4.78, 5) is 18.1. The van der Waals surface area contributed by atoms with Crippen LogP contribution in [0.3, 0.4) is 0 Å². The van der Waals surface area contributed by atoms with E-state index in [0.717, 1.165) is 29.5 Å². The topological polar surface area (TPSA) is 66.0 Å². The molecule has 0 radical (unpaired) electrons. The van der Waals surface area contributed by atoms with Crippen LogP contribution in [-0.4, -0.2) is 44.0 Å². The molecular formula is C22H30N4O2. The van der Waals surface area contributed by atoms with E-state index in [1.165, 1.54) is 0 Å². The fourth-order valence-electron chi connectivity index (χ4n) is 2.48. The third kappa shape index (κ3) is 6.95. The van der Waals surface area contributed by atoms with Crippen LogP contribution in [0.15, 0.2) is 59.6 Å². The molecule has 0 heterocycles. The molecule has 0 saturated carbocycles. The van der Waals surface area contributed by atoms with Gasteiger partial charge in [0.1, 0.15) is 12.4 Å². The molecule has 0 atom stereocenters. The highest BCUT2D eigenvalue weighted by atomic mass is 16.5. The predicted octanol–water partition coefficient (Wildman–Crippen LogP) is 3.37. The van der Waals surface area contributed by atoms with Gasteiger partial charge in [-0.05, 0) is 29.8 Å². The van der Waals surface area contributed by atoms with Gasteiger partial charge in [-0.2, -0.15) is 0 Å². The van der Waals surface area contributed by atoms with E-state index in [2.05, 4.69) is 15.6 Å². The van der Waals surface area contributed by atoms with E-state index in [1.54, 1.807) is 7.05 Å². The van der Waals surface area contributed by atoms with Crippen LogP contribution < -0.4 is 15.4 Å². The number of hydrogen-bond donors (Lipinski definition) is 2. The van der Waals surface area contributed by atoms with E-state index in [0.29, 0.717) is 13.2 Å². The van der Waals surface area contributed by atoms with Crippen molar-refractivity contribution < 1.29 is 9.53 Å². The van der Waals surface area contributed by atoms with E-state index < -0.39 is 0 Å². The van der Waals surface area contributed by atoms with Crippen LogP contribution in [0.4, 0.5) is 5.69 Å². The number of aliphatic imine (C=N–C) groups is 1. The summed E-state index contributed by atoms with van der Waals surface area (Å²) in [5, 5.41) is 6.24. The molecular weight excluding hydrogens is 352 g/mol. The van der Waals surface area contributed by atoms with Crippen molar-refractivity contribution in [3.63, 3.8) is 0 Å². The van der Waals surface area contributed by atoms with E-state index >= 15 is 0 Å². The predicted molar refractivity (Wildman–Crippen MR) is 115 cm³/mol. The summed E-state index contributed by atoms with van der Waals surface area (Å²) in [7, 11) is 3.75. The Morgan fingerprint density at radius 3 is 2.39 bits per heavy atom. The smallest absolute Gasteiger partial charge is 0.226 e. The molecule has 1 amide bonds. The van der Waals surface area contributed by atoms with Crippen LogP contribution in [0.5, 0.6) is 5.75 Å². The molecule has 6 heteroatoms. The van der Waals surface area contributed by atoms with Crippen molar-refractivity contribution in [2.75, 3.05) is 32.6 Å². The number of amides is 1. The Kier molecular flexibility index (Phi) is 8.34. The average Bonchev–Trinajstić information content (AvgIpc) is 2.70. The molecule has 2 N–H and O–H groups in total. The Bertz CT molecular complexity index is 758. The Labute approximate surface area is 167 Å². The Hall–Kier alpha value is -3.02. The average molecular weight is 383 g/mol. The van der Waals surface area contributed by atoms with Gasteiger partial charge in [0, 0.05) is 32.2 Å². The maximum atomic E-state index is 11.7. The largest absolute Gasteiger partial charge is 0.492 e. The molecule has 0 aliphatic rings. The number of guanidine groups is 1. The molecule has 0 saturated heterocycles. The highest BCUT2D eigenvalue weighted by Gasteiger charge is 2.08. The number of para-hydroxylation sites is 1. The molecule has 0 fully saturated rings. The highest BCUT2D eigenvalue weighted by Crippen LogP contribution is 2.11. The summed E-state index contributed by atoms with van der Waals surface area (Å²) in [6, 6.07) is 17.6. The van der Waals surface area contributed by atoms with Crippen LogP contribution in [0.1, 0.15) is 19.4 Å². The molecule has 0 spiro atoms. The Balaban J connectivity index is 1.78. The molecule has 0 bridgehead atoms. The summed E-state index contributed by atoms with van der Waals surface area (Å²) in [5.74, 6) is 1.65. The zero-order valence-corrected chi connectivity index (χ0v) is 17.1. The second-order valence-corrected chi connectivity index (χ2v) is 6.82. The summed E-state index contributed by atoms with van der Waals surface area (Å²) >= 11 is 0. The van der Waals surface area contributed by atoms with Crippen molar-refractivity contribution in [1.29, 1.82) is 0 Å². The number of carbonyl (C=O) groups excluding carboxylic acids is 1. The highest BCUT2D eigenvalue weighted by molar-refractivity contribution is 5.92. The molecule has 2 aromatic rings. The molecule has 28 heavy (non-hydrogen) atoms. The number of benzene rings is 2. The minimum Gasteiger partial charge on any atom is -0.492 e. The first kappa shape index (κ1) is 21.3. The summed E-state index contributed by atoms with van der Waals surface area (Å²) < 4.78 is 5.74. The quantitative estimate of drug-likeness (QED) is 0.543. The number of nitrogens with one attached hydrogen (secondary N) is 2. The lowest BCUT2D eigenvalue weighted by Crippen LogP contribution is -2.40. The van der Waals surface area contributed by atoms with E-state index in [4.69, 9.17) is 4.74 Å². The fraction of sp³-hybridized carbons (Fsp3) is 0.364. The molecule has 150 valence electrons. The lowest BCUT2D eigenvalue weighted by atomic mass is 10.1. The van der Waals surface area contributed by atoms with Gasteiger partial charge in [0.2, 0.25) is 5.91 Å². The third-order valence-electron chi connectivity index (χ3n) is 4.21. The van der Waals surface area contributed by atoms with E-state index in [9.17, 15) is 4.79 Å². The maximum absolute atomic E-state index is 11.7. The van der Waals surface area contributed by atoms with Gasteiger partial charge in [0.05, 0.1) is 6.54 Å². The van der Waals surface area contributed by atoms with Crippen molar-refractivity contribution >= 4 is 17.6 Å². The van der Waals surface area contributed by atoms with Crippen molar-refractivity contribution in [2.45, 2.75) is 20.4 Å². The number of likely N-dealkylation sites (N-methyl/N-ethyl adjacent to an activating group) is 1. The molecule has 2 aromatic carbocycles. The van der Waals surface area contributed by atoms with Gasteiger partial charge in [-0.15, -0.1) is 0 Å².